The van der Waals surface area contributed by atoms with E-state index in [2.05, 4.69) is 15.6 Å². The number of carbonyl (C=O) groups is 1. The summed E-state index contributed by atoms with van der Waals surface area (Å²) in [5.41, 5.74) is 2.59. The second-order valence-electron chi connectivity index (χ2n) is 6.43. The van der Waals surface area contributed by atoms with E-state index in [0.29, 0.717) is 5.69 Å². The van der Waals surface area contributed by atoms with E-state index in [1.807, 2.05) is 51.1 Å². The van der Waals surface area contributed by atoms with Gasteiger partial charge in [0.05, 0.1) is 11.7 Å². The highest BCUT2D eigenvalue weighted by molar-refractivity contribution is 5.91. The molecule has 1 atom stereocenters. The molecule has 1 aliphatic heterocycles. The fraction of sp³-hybridized carbons (Fsp3) is 0.333. The van der Waals surface area contributed by atoms with E-state index in [-0.39, 0.29) is 17.7 Å². The van der Waals surface area contributed by atoms with Crippen LogP contribution < -0.4 is 15.4 Å². The lowest BCUT2D eigenvalue weighted by molar-refractivity contribution is 0.139. The average molecular weight is 311 g/mol. The molecule has 0 spiro atoms. The molecule has 1 aromatic carbocycles. The van der Waals surface area contributed by atoms with Crippen LogP contribution in [0.1, 0.15) is 37.9 Å². The van der Waals surface area contributed by atoms with E-state index in [1.54, 1.807) is 12.4 Å². The predicted molar refractivity (Wildman–Crippen MR) is 89.7 cm³/mol. The van der Waals surface area contributed by atoms with E-state index in [1.165, 1.54) is 0 Å². The van der Waals surface area contributed by atoms with Crippen molar-refractivity contribution in [3.8, 4) is 5.75 Å². The highest BCUT2D eigenvalue weighted by Gasteiger charge is 2.32. The second kappa shape index (κ2) is 5.91. The van der Waals surface area contributed by atoms with Gasteiger partial charge in [0.15, 0.2) is 0 Å². The van der Waals surface area contributed by atoms with E-state index >= 15 is 0 Å². The molecule has 23 heavy (non-hydrogen) atoms. The van der Waals surface area contributed by atoms with Crippen LogP contribution in [0, 0.1) is 0 Å². The molecular weight excluding hydrogens is 290 g/mol. The number of carbonyl (C=O) groups excluding carboxylic acids is 1. The first-order chi connectivity index (χ1) is 10.9. The van der Waals surface area contributed by atoms with E-state index in [0.717, 1.165) is 23.3 Å². The van der Waals surface area contributed by atoms with Gasteiger partial charge < -0.3 is 15.4 Å². The minimum absolute atomic E-state index is 0.105. The van der Waals surface area contributed by atoms with Crippen molar-refractivity contribution in [3.63, 3.8) is 0 Å². The van der Waals surface area contributed by atoms with E-state index < -0.39 is 0 Å². The standard InChI is InChI=1S/C18H21N3O2/c1-12(13-7-9-19-10-8-13)20-17(22)21-15-6-4-5-14-11-18(2,3)23-16(14)15/h4-10,12H,11H2,1-3H3,(H2,20,21,22)/t12-/m1/s1. The Morgan fingerprint density at radius 1 is 1.26 bits per heavy atom. The number of hydrogen-bond donors (Lipinski definition) is 2. The molecule has 0 aliphatic carbocycles. The van der Waals surface area contributed by atoms with Crippen LogP contribution in [0.4, 0.5) is 10.5 Å². The highest BCUT2D eigenvalue weighted by atomic mass is 16.5. The highest BCUT2D eigenvalue weighted by Crippen LogP contribution is 2.40. The fourth-order valence-corrected chi connectivity index (χ4v) is 2.80. The van der Waals surface area contributed by atoms with Gasteiger partial charge in [-0.05, 0) is 44.5 Å². The average Bonchev–Trinajstić information content (AvgIpc) is 2.83. The Morgan fingerprint density at radius 2 is 2.00 bits per heavy atom. The molecule has 0 saturated carbocycles. The number of para-hydroxylation sites is 1. The number of nitrogens with one attached hydrogen (secondary N) is 2. The largest absolute Gasteiger partial charge is 0.485 e. The van der Waals surface area contributed by atoms with Crippen LogP contribution in [-0.2, 0) is 6.42 Å². The van der Waals surface area contributed by atoms with Gasteiger partial charge >= 0.3 is 6.03 Å². The van der Waals surface area contributed by atoms with Crippen molar-refractivity contribution < 1.29 is 9.53 Å². The molecule has 0 fully saturated rings. The van der Waals surface area contributed by atoms with Crippen LogP contribution in [0.25, 0.3) is 0 Å². The molecule has 0 bridgehead atoms. The van der Waals surface area contributed by atoms with Crippen molar-refractivity contribution in [2.45, 2.75) is 38.8 Å². The van der Waals surface area contributed by atoms with Crippen molar-refractivity contribution >= 4 is 11.7 Å². The molecule has 0 radical (unpaired) electrons. The molecule has 0 unspecified atom stereocenters. The molecule has 2 aromatic rings. The number of amides is 2. The third-order valence-corrected chi connectivity index (χ3v) is 3.89. The van der Waals surface area contributed by atoms with Crippen LogP contribution in [0.2, 0.25) is 0 Å². The SMILES string of the molecule is C[C@@H](NC(=O)Nc1cccc2c1OC(C)(C)C2)c1ccncc1. The lowest BCUT2D eigenvalue weighted by atomic mass is 10.0. The number of fused-ring (bicyclic) bond motifs is 1. The molecule has 1 aromatic heterocycles. The molecule has 120 valence electrons. The number of rotatable bonds is 3. The minimum atomic E-state index is -0.254. The monoisotopic (exact) mass is 311 g/mol. The smallest absolute Gasteiger partial charge is 0.319 e. The Hall–Kier alpha value is -2.56. The molecule has 0 saturated heterocycles. The Bertz CT molecular complexity index is 713. The van der Waals surface area contributed by atoms with Crippen LogP contribution in [-0.4, -0.2) is 16.6 Å². The maximum Gasteiger partial charge on any atom is 0.319 e. The zero-order valence-electron chi connectivity index (χ0n) is 13.6. The summed E-state index contributed by atoms with van der Waals surface area (Å²) in [6, 6.07) is 9.24. The van der Waals surface area contributed by atoms with Gasteiger partial charge in [0.2, 0.25) is 0 Å². The summed E-state index contributed by atoms with van der Waals surface area (Å²) in [4.78, 5) is 16.2. The zero-order valence-corrected chi connectivity index (χ0v) is 13.6. The minimum Gasteiger partial charge on any atom is -0.485 e. The second-order valence-corrected chi connectivity index (χ2v) is 6.43. The number of nitrogens with zero attached hydrogens (tertiary/aromatic N) is 1. The first-order valence-corrected chi connectivity index (χ1v) is 7.73. The van der Waals surface area contributed by atoms with Gasteiger partial charge in [-0.25, -0.2) is 4.79 Å². The summed E-state index contributed by atoms with van der Waals surface area (Å²) in [6.45, 7) is 6.02. The van der Waals surface area contributed by atoms with Gasteiger partial charge in [0.1, 0.15) is 11.4 Å². The number of ether oxygens (including phenoxy) is 1. The van der Waals surface area contributed by atoms with Crippen LogP contribution in [0.3, 0.4) is 0 Å². The van der Waals surface area contributed by atoms with Crippen molar-refractivity contribution in [1.29, 1.82) is 0 Å². The molecule has 2 heterocycles. The summed E-state index contributed by atoms with van der Waals surface area (Å²) in [5.74, 6) is 0.768. The summed E-state index contributed by atoms with van der Waals surface area (Å²) in [7, 11) is 0. The van der Waals surface area contributed by atoms with Crippen LogP contribution in [0.15, 0.2) is 42.7 Å². The third kappa shape index (κ3) is 3.44. The summed E-state index contributed by atoms with van der Waals surface area (Å²) < 4.78 is 5.97. The fourth-order valence-electron chi connectivity index (χ4n) is 2.80. The Balaban J connectivity index is 1.69. The Labute approximate surface area is 136 Å². The first kappa shape index (κ1) is 15.3. The maximum atomic E-state index is 12.3. The van der Waals surface area contributed by atoms with Gasteiger partial charge in [-0.2, -0.15) is 0 Å². The van der Waals surface area contributed by atoms with Crippen molar-refractivity contribution in [2.75, 3.05) is 5.32 Å². The Morgan fingerprint density at radius 3 is 2.74 bits per heavy atom. The third-order valence-electron chi connectivity index (χ3n) is 3.89. The topological polar surface area (TPSA) is 63.2 Å². The summed E-state index contributed by atoms with van der Waals surface area (Å²) in [6.07, 6.45) is 4.27. The van der Waals surface area contributed by atoms with Gasteiger partial charge in [-0.1, -0.05) is 12.1 Å². The lowest BCUT2D eigenvalue weighted by Gasteiger charge is -2.19. The Kier molecular flexibility index (Phi) is 3.94. The maximum absolute atomic E-state index is 12.3. The summed E-state index contributed by atoms with van der Waals surface area (Å²) in [5, 5.41) is 5.81. The zero-order chi connectivity index (χ0) is 16.4. The van der Waals surface area contributed by atoms with Crippen LogP contribution >= 0.6 is 0 Å². The normalized spacial score (nSPS) is 16.1. The summed E-state index contributed by atoms with van der Waals surface area (Å²) >= 11 is 0. The number of benzene rings is 1. The number of hydrogen-bond acceptors (Lipinski definition) is 3. The molecule has 5 nitrogen and oxygen atoms in total. The van der Waals surface area contributed by atoms with Crippen LogP contribution in [0.5, 0.6) is 5.75 Å². The van der Waals surface area contributed by atoms with E-state index in [9.17, 15) is 4.79 Å². The molecular formula is C18H21N3O2. The predicted octanol–water partition coefficient (Wildman–Crippen LogP) is 3.68. The van der Waals surface area contributed by atoms with Crippen molar-refractivity contribution in [1.82, 2.24) is 10.3 Å². The molecule has 5 heteroatoms. The van der Waals surface area contributed by atoms with Crippen molar-refractivity contribution in [3.05, 3.63) is 53.9 Å². The number of aromatic nitrogens is 1. The van der Waals surface area contributed by atoms with Gasteiger partial charge in [0.25, 0.3) is 0 Å². The number of pyridine rings is 1. The van der Waals surface area contributed by atoms with Gasteiger partial charge in [0, 0.05) is 24.4 Å². The van der Waals surface area contributed by atoms with Gasteiger partial charge in [-0.3, -0.25) is 4.98 Å². The number of anilines is 1. The van der Waals surface area contributed by atoms with Gasteiger partial charge in [-0.15, -0.1) is 0 Å². The van der Waals surface area contributed by atoms with E-state index in [4.69, 9.17) is 4.74 Å². The molecule has 1 aliphatic rings. The molecule has 2 N–H and O–H groups in total. The first-order valence-electron chi connectivity index (χ1n) is 7.73. The molecule has 2 amide bonds. The van der Waals surface area contributed by atoms with Crippen molar-refractivity contribution in [2.24, 2.45) is 0 Å². The molecule has 3 rings (SSSR count). The quantitative estimate of drug-likeness (QED) is 0.909. The lowest BCUT2D eigenvalue weighted by Crippen LogP contribution is -2.31. The number of urea groups is 1.